The summed E-state index contributed by atoms with van der Waals surface area (Å²) in [4.78, 5) is 11.8. The number of hydrogen-bond donors (Lipinski definition) is 1. The van der Waals surface area contributed by atoms with Crippen LogP contribution in [0, 0.1) is 19.3 Å². The highest BCUT2D eigenvalue weighted by molar-refractivity contribution is 8.14. The molecular weight excluding hydrogens is 312 g/mol. The molecule has 1 amide bonds. The monoisotopic (exact) mass is 324 g/mol. The summed E-state index contributed by atoms with van der Waals surface area (Å²) in [5.41, 5.74) is 1.05. The molecule has 2 rings (SSSR count). The van der Waals surface area contributed by atoms with Crippen molar-refractivity contribution in [1.82, 2.24) is 9.88 Å². The van der Waals surface area contributed by atoms with E-state index in [1.807, 2.05) is 0 Å². The minimum absolute atomic E-state index is 0.0273. The number of rotatable bonds is 4. The topological polar surface area (TPSA) is 68.2 Å². The SMILES string of the molecule is C#CCNC(=O)Cn1c(C)c(S(=O)(=O)Cl)c2ccccc21. The van der Waals surface area contributed by atoms with E-state index >= 15 is 0 Å². The molecule has 1 aromatic carbocycles. The lowest BCUT2D eigenvalue weighted by Crippen LogP contribution is -2.28. The van der Waals surface area contributed by atoms with E-state index in [0.717, 1.165) is 0 Å². The molecule has 110 valence electrons. The molecule has 0 aliphatic carbocycles. The summed E-state index contributed by atoms with van der Waals surface area (Å²) >= 11 is 0. The number of benzene rings is 1. The van der Waals surface area contributed by atoms with Crippen LogP contribution in [0.2, 0.25) is 0 Å². The molecule has 0 atom stereocenters. The highest BCUT2D eigenvalue weighted by atomic mass is 35.7. The Morgan fingerprint density at radius 2 is 2.10 bits per heavy atom. The quantitative estimate of drug-likeness (QED) is 0.686. The lowest BCUT2D eigenvalue weighted by Gasteiger charge is -2.08. The van der Waals surface area contributed by atoms with Gasteiger partial charge in [-0.05, 0) is 13.0 Å². The molecule has 0 aliphatic heterocycles. The van der Waals surface area contributed by atoms with Gasteiger partial charge in [0, 0.05) is 21.8 Å². The van der Waals surface area contributed by atoms with Gasteiger partial charge in [0.2, 0.25) is 5.91 Å². The van der Waals surface area contributed by atoms with Gasteiger partial charge in [0.05, 0.1) is 12.1 Å². The predicted molar refractivity (Wildman–Crippen MR) is 81.6 cm³/mol. The molecule has 5 nitrogen and oxygen atoms in total. The van der Waals surface area contributed by atoms with Crippen LogP contribution in [0.1, 0.15) is 5.69 Å². The number of nitrogens with one attached hydrogen (secondary N) is 1. The molecule has 0 bridgehead atoms. The second-order valence-corrected chi connectivity index (χ2v) is 6.94. The van der Waals surface area contributed by atoms with Crippen molar-refractivity contribution in [1.29, 1.82) is 0 Å². The summed E-state index contributed by atoms with van der Waals surface area (Å²) in [5, 5.41) is 3.04. The number of nitrogens with zero attached hydrogens (tertiary/aromatic N) is 1. The third kappa shape index (κ3) is 3.04. The Kier molecular flexibility index (Phi) is 4.26. The molecule has 0 radical (unpaired) electrons. The Labute approximate surface area is 127 Å². The number of aromatic nitrogens is 1. The maximum Gasteiger partial charge on any atom is 0.263 e. The number of para-hydroxylation sites is 1. The molecule has 21 heavy (non-hydrogen) atoms. The van der Waals surface area contributed by atoms with Crippen molar-refractivity contribution in [3.63, 3.8) is 0 Å². The number of carbonyl (C=O) groups is 1. The molecular formula is C14H13ClN2O3S. The van der Waals surface area contributed by atoms with Crippen molar-refractivity contribution >= 4 is 36.5 Å². The molecule has 2 aromatic rings. The smallest absolute Gasteiger partial charge is 0.263 e. The third-order valence-electron chi connectivity index (χ3n) is 3.11. The van der Waals surface area contributed by atoms with Crippen molar-refractivity contribution in [3.05, 3.63) is 30.0 Å². The number of amides is 1. The van der Waals surface area contributed by atoms with Crippen LogP contribution in [0.4, 0.5) is 0 Å². The van der Waals surface area contributed by atoms with Crippen LogP contribution in [0.3, 0.4) is 0 Å². The van der Waals surface area contributed by atoms with Crippen molar-refractivity contribution < 1.29 is 13.2 Å². The zero-order valence-corrected chi connectivity index (χ0v) is 12.8. The van der Waals surface area contributed by atoms with E-state index in [1.54, 1.807) is 35.8 Å². The Hall–Kier alpha value is -1.97. The maximum absolute atomic E-state index is 11.8. The molecule has 7 heteroatoms. The van der Waals surface area contributed by atoms with Crippen LogP contribution in [0.15, 0.2) is 29.2 Å². The van der Waals surface area contributed by atoms with Crippen LogP contribution in [-0.2, 0) is 20.4 Å². The highest BCUT2D eigenvalue weighted by Crippen LogP contribution is 2.31. The van der Waals surface area contributed by atoms with Crippen molar-refractivity contribution in [2.24, 2.45) is 0 Å². The molecule has 0 spiro atoms. The van der Waals surface area contributed by atoms with Gasteiger partial charge in [0.1, 0.15) is 11.4 Å². The van der Waals surface area contributed by atoms with Crippen LogP contribution in [-0.4, -0.2) is 25.4 Å². The zero-order valence-electron chi connectivity index (χ0n) is 11.3. The molecule has 0 saturated carbocycles. The molecule has 1 N–H and O–H groups in total. The lowest BCUT2D eigenvalue weighted by atomic mass is 10.2. The van der Waals surface area contributed by atoms with Gasteiger partial charge >= 0.3 is 0 Å². The van der Waals surface area contributed by atoms with Crippen molar-refractivity contribution in [2.75, 3.05) is 6.54 Å². The minimum Gasteiger partial charge on any atom is -0.344 e. The largest absolute Gasteiger partial charge is 0.344 e. The highest BCUT2D eigenvalue weighted by Gasteiger charge is 2.23. The predicted octanol–water partition coefficient (Wildman–Crippen LogP) is 1.63. The average Bonchev–Trinajstić information content (AvgIpc) is 2.69. The second-order valence-electron chi connectivity index (χ2n) is 4.44. The number of halogens is 1. The van der Waals surface area contributed by atoms with Gasteiger partial charge in [-0.15, -0.1) is 6.42 Å². The lowest BCUT2D eigenvalue weighted by molar-refractivity contribution is -0.121. The molecule has 1 heterocycles. The number of hydrogen-bond acceptors (Lipinski definition) is 3. The molecule has 0 fully saturated rings. The number of carbonyl (C=O) groups excluding carboxylic acids is 1. The van der Waals surface area contributed by atoms with E-state index in [0.29, 0.717) is 16.6 Å². The first-order valence-electron chi connectivity index (χ1n) is 6.09. The first-order chi connectivity index (χ1) is 9.86. The summed E-state index contributed by atoms with van der Waals surface area (Å²) in [6, 6.07) is 6.88. The summed E-state index contributed by atoms with van der Waals surface area (Å²) in [7, 11) is 1.60. The van der Waals surface area contributed by atoms with E-state index < -0.39 is 9.05 Å². The van der Waals surface area contributed by atoms with E-state index in [9.17, 15) is 13.2 Å². The second kappa shape index (κ2) is 5.80. The first kappa shape index (κ1) is 15.4. The molecule has 0 unspecified atom stereocenters. The van der Waals surface area contributed by atoms with Gasteiger partial charge in [-0.1, -0.05) is 24.1 Å². The van der Waals surface area contributed by atoms with Gasteiger partial charge in [0.25, 0.3) is 9.05 Å². The van der Waals surface area contributed by atoms with Crippen LogP contribution < -0.4 is 5.32 Å². The first-order valence-corrected chi connectivity index (χ1v) is 8.40. The van der Waals surface area contributed by atoms with Gasteiger partial charge in [0.15, 0.2) is 0 Å². The third-order valence-corrected chi connectivity index (χ3v) is 4.57. The van der Waals surface area contributed by atoms with Gasteiger partial charge in [-0.2, -0.15) is 0 Å². The minimum atomic E-state index is -3.90. The van der Waals surface area contributed by atoms with E-state index in [1.165, 1.54) is 0 Å². The fourth-order valence-electron chi connectivity index (χ4n) is 2.26. The standard InChI is InChI=1S/C14H13ClN2O3S/c1-3-8-16-13(18)9-17-10(2)14(21(15,19)20)11-6-4-5-7-12(11)17/h1,4-7H,8-9H2,2H3,(H,16,18). The van der Waals surface area contributed by atoms with E-state index in [4.69, 9.17) is 17.1 Å². The fourth-order valence-corrected chi connectivity index (χ4v) is 3.74. The Bertz CT molecular complexity index is 847. The van der Waals surface area contributed by atoms with E-state index in [2.05, 4.69) is 11.2 Å². The summed E-state index contributed by atoms with van der Waals surface area (Å²) in [6.07, 6.45) is 5.08. The maximum atomic E-state index is 11.8. The summed E-state index contributed by atoms with van der Waals surface area (Å²) in [6.45, 7) is 1.71. The van der Waals surface area contributed by atoms with Gasteiger partial charge in [-0.3, -0.25) is 4.79 Å². The average molecular weight is 325 g/mol. The van der Waals surface area contributed by atoms with Crippen molar-refractivity contribution in [3.8, 4) is 12.3 Å². The number of fused-ring (bicyclic) bond motifs is 1. The van der Waals surface area contributed by atoms with Gasteiger partial charge in [-0.25, -0.2) is 8.42 Å². The fraction of sp³-hybridized carbons (Fsp3) is 0.214. The Morgan fingerprint density at radius 3 is 2.71 bits per heavy atom. The van der Waals surface area contributed by atoms with Crippen LogP contribution in [0.25, 0.3) is 10.9 Å². The van der Waals surface area contributed by atoms with Gasteiger partial charge < -0.3 is 9.88 Å². The van der Waals surface area contributed by atoms with Crippen LogP contribution >= 0.6 is 10.7 Å². The normalized spacial score (nSPS) is 11.3. The molecule has 0 saturated heterocycles. The summed E-state index contributed by atoms with van der Waals surface area (Å²) < 4.78 is 25.1. The molecule has 1 aromatic heterocycles. The van der Waals surface area contributed by atoms with Crippen LogP contribution in [0.5, 0.6) is 0 Å². The molecule has 0 aliphatic rings. The Balaban J connectivity index is 2.58. The Morgan fingerprint density at radius 1 is 1.43 bits per heavy atom. The summed E-state index contributed by atoms with van der Waals surface area (Å²) in [5.74, 6) is 2.01. The van der Waals surface area contributed by atoms with Crippen molar-refractivity contribution in [2.45, 2.75) is 18.4 Å². The van der Waals surface area contributed by atoms with E-state index in [-0.39, 0.29) is 23.9 Å². The number of terminal acetylenes is 1. The zero-order chi connectivity index (χ0) is 15.6.